The van der Waals surface area contributed by atoms with Gasteiger partial charge in [-0.15, -0.1) is 0 Å². The van der Waals surface area contributed by atoms with Crippen LogP contribution in [0, 0.1) is 23.4 Å². The number of sulfonamides is 1. The van der Waals surface area contributed by atoms with Gasteiger partial charge in [-0.25, -0.2) is 21.6 Å². The number of carbonyl (C=O) groups is 1. The molecule has 0 atom stereocenters. The average molecular weight is 426 g/mol. The first-order chi connectivity index (χ1) is 13.8. The number of nitrogens with zero attached hydrogens (tertiary/aromatic N) is 1. The predicted octanol–water partition coefficient (Wildman–Crippen LogP) is 2.86. The van der Waals surface area contributed by atoms with Gasteiger partial charge in [-0.2, -0.15) is 4.31 Å². The van der Waals surface area contributed by atoms with Gasteiger partial charge < -0.3 is 5.32 Å². The molecule has 9 heteroatoms. The summed E-state index contributed by atoms with van der Waals surface area (Å²) in [5.41, 5.74) is 0.902. The van der Waals surface area contributed by atoms with E-state index in [0.29, 0.717) is 31.9 Å². The maximum Gasteiger partial charge on any atom is 0.243 e. The zero-order valence-corrected chi connectivity index (χ0v) is 16.4. The van der Waals surface area contributed by atoms with E-state index in [1.54, 1.807) is 12.1 Å². The molecule has 2 aromatic carbocycles. The molecule has 0 bridgehead atoms. The van der Waals surface area contributed by atoms with Crippen LogP contribution in [-0.4, -0.2) is 38.3 Å². The fourth-order valence-corrected chi connectivity index (χ4v) is 4.75. The smallest absolute Gasteiger partial charge is 0.243 e. The first-order valence-corrected chi connectivity index (χ1v) is 10.7. The zero-order valence-electron chi connectivity index (χ0n) is 15.6. The minimum atomic E-state index is -3.94. The Balaban J connectivity index is 1.50. The van der Waals surface area contributed by atoms with E-state index in [0.717, 1.165) is 17.7 Å². The van der Waals surface area contributed by atoms with E-state index >= 15 is 0 Å². The van der Waals surface area contributed by atoms with Crippen molar-refractivity contribution in [1.29, 1.82) is 0 Å². The monoisotopic (exact) mass is 426 g/mol. The van der Waals surface area contributed by atoms with Crippen molar-refractivity contribution in [1.82, 2.24) is 9.62 Å². The molecule has 2 aromatic rings. The first kappa shape index (κ1) is 21.3. The summed E-state index contributed by atoms with van der Waals surface area (Å²) >= 11 is 0. The van der Waals surface area contributed by atoms with Crippen LogP contribution in [0.25, 0.3) is 0 Å². The lowest BCUT2D eigenvalue weighted by Crippen LogP contribution is -2.43. The van der Waals surface area contributed by atoms with Crippen LogP contribution < -0.4 is 5.32 Å². The summed E-state index contributed by atoms with van der Waals surface area (Å²) in [4.78, 5) is 12.0. The highest BCUT2D eigenvalue weighted by Crippen LogP contribution is 2.25. The number of halogens is 3. The lowest BCUT2D eigenvalue weighted by atomic mass is 9.97. The van der Waals surface area contributed by atoms with Crippen molar-refractivity contribution < 1.29 is 26.4 Å². The normalized spacial score (nSPS) is 16.0. The van der Waals surface area contributed by atoms with Gasteiger partial charge in [-0.3, -0.25) is 4.79 Å². The standard InChI is InChI=1S/C20H21F3N2O3S/c21-16-3-1-14(2-4-16)7-10-24-20(26)15-8-11-25(12-9-15)29(27,28)17-5-6-18(22)19(23)13-17/h1-6,13,15H,7-12H2,(H,24,26). The molecule has 1 fully saturated rings. The molecule has 0 spiro atoms. The van der Waals surface area contributed by atoms with E-state index in [-0.39, 0.29) is 35.6 Å². The molecule has 0 radical (unpaired) electrons. The fraction of sp³-hybridized carbons (Fsp3) is 0.350. The number of piperidine rings is 1. The summed E-state index contributed by atoms with van der Waals surface area (Å²) in [7, 11) is -3.94. The quantitative estimate of drug-likeness (QED) is 0.773. The van der Waals surface area contributed by atoms with Gasteiger partial charge in [0, 0.05) is 25.6 Å². The number of carbonyl (C=O) groups excluding carboxylic acids is 1. The van der Waals surface area contributed by atoms with Crippen molar-refractivity contribution in [3.8, 4) is 0 Å². The Hall–Kier alpha value is -2.39. The SMILES string of the molecule is O=C(NCCc1ccc(F)cc1)C1CCN(S(=O)(=O)c2ccc(F)c(F)c2)CC1. The lowest BCUT2D eigenvalue weighted by Gasteiger charge is -2.30. The van der Waals surface area contributed by atoms with Crippen molar-refractivity contribution in [2.75, 3.05) is 19.6 Å². The third kappa shape index (κ3) is 5.16. The van der Waals surface area contributed by atoms with Gasteiger partial charge in [-0.05, 0) is 55.2 Å². The third-order valence-corrected chi connectivity index (χ3v) is 6.87. The minimum Gasteiger partial charge on any atom is -0.356 e. The van der Waals surface area contributed by atoms with Crippen LogP contribution in [0.1, 0.15) is 18.4 Å². The van der Waals surface area contributed by atoms with Gasteiger partial charge in [0.1, 0.15) is 5.82 Å². The molecular formula is C20H21F3N2O3S. The number of rotatable bonds is 6. The Kier molecular flexibility index (Phi) is 6.59. The topological polar surface area (TPSA) is 66.5 Å². The lowest BCUT2D eigenvalue weighted by molar-refractivity contribution is -0.126. The largest absolute Gasteiger partial charge is 0.356 e. The Morgan fingerprint density at radius 3 is 2.28 bits per heavy atom. The van der Waals surface area contributed by atoms with Crippen LogP contribution in [0.3, 0.4) is 0 Å². The van der Waals surface area contributed by atoms with E-state index in [9.17, 15) is 26.4 Å². The first-order valence-electron chi connectivity index (χ1n) is 9.25. The molecule has 29 heavy (non-hydrogen) atoms. The Morgan fingerprint density at radius 2 is 1.66 bits per heavy atom. The number of nitrogens with one attached hydrogen (secondary N) is 1. The fourth-order valence-electron chi connectivity index (χ4n) is 3.27. The summed E-state index contributed by atoms with van der Waals surface area (Å²) < 4.78 is 65.7. The highest BCUT2D eigenvalue weighted by atomic mass is 32.2. The second-order valence-electron chi connectivity index (χ2n) is 6.92. The zero-order chi connectivity index (χ0) is 21.0. The Bertz CT molecular complexity index is 973. The second-order valence-corrected chi connectivity index (χ2v) is 8.86. The average Bonchev–Trinajstić information content (AvgIpc) is 2.71. The molecule has 1 amide bonds. The van der Waals surface area contributed by atoms with Gasteiger partial charge in [0.15, 0.2) is 11.6 Å². The molecule has 5 nitrogen and oxygen atoms in total. The van der Waals surface area contributed by atoms with E-state index in [1.807, 2.05) is 0 Å². The molecule has 1 N–H and O–H groups in total. The number of hydrogen-bond donors (Lipinski definition) is 1. The van der Waals surface area contributed by atoms with Crippen molar-refractivity contribution in [2.45, 2.75) is 24.2 Å². The van der Waals surface area contributed by atoms with Gasteiger partial charge in [0.05, 0.1) is 4.90 Å². The molecule has 1 aliphatic heterocycles. The van der Waals surface area contributed by atoms with E-state index < -0.39 is 21.7 Å². The molecule has 1 saturated heterocycles. The predicted molar refractivity (Wildman–Crippen MR) is 101 cm³/mol. The van der Waals surface area contributed by atoms with Crippen LogP contribution in [0.15, 0.2) is 47.4 Å². The molecule has 0 aromatic heterocycles. The molecule has 0 saturated carbocycles. The number of amides is 1. The van der Waals surface area contributed by atoms with Crippen molar-refractivity contribution in [2.24, 2.45) is 5.92 Å². The summed E-state index contributed by atoms with van der Waals surface area (Å²) in [6.07, 6.45) is 1.24. The van der Waals surface area contributed by atoms with E-state index in [4.69, 9.17) is 0 Å². The maximum absolute atomic E-state index is 13.4. The Morgan fingerprint density at radius 1 is 1.00 bits per heavy atom. The van der Waals surface area contributed by atoms with Gasteiger partial charge in [-0.1, -0.05) is 12.1 Å². The van der Waals surface area contributed by atoms with E-state index in [1.165, 1.54) is 16.4 Å². The molecule has 1 aliphatic rings. The van der Waals surface area contributed by atoms with Crippen LogP contribution >= 0.6 is 0 Å². The highest BCUT2D eigenvalue weighted by molar-refractivity contribution is 7.89. The molecule has 0 unspecified atom stereocenters. The molecule has 0 aliphatic carbocycles. The number of benzene rings is 2. The summed E-state index contributed by atoms with van der Waals surface area (Å²) in [6, 6.07) is 8.51. The molecule has 3 rings (SSSR count). The van der Waals surface area contributed by atoms with Gasteiger partial charge >= 0.3 is 0 Å². The van der Waals surface area contributed by atoms with Crippen LogP contribution in [0.4, 0.5) is 13.2 Å². The van der Waals surface area contributed by atoms with Crippen molar-refractivity contribution in [3.05, 3.63) is 65.5 Å². The third-order valence-electron chi connectivity index (χ3n) is 4.98. The summed E-state index contributed by atoms with van der Waals surface area (Å²) in [5.74, 6) is -3.12. The second kappa shape index (κ2) is 8.96. The summed E-state index contributed by atoms with van der Waals surface area (Å²) in [6.45, 7) is 0.645. The molecular weight excluding hydrogens is 405 g/mol. The van der Waals surface area contributed by atoms with E-state index in [2.05, 4.69) is 5.32 Å². The minimum absolute atomic E-state index is 0.122. The van der Waals surface area contributed by atoms with Crippen LogP contribution in [0.5, 0.6) is 0 Å². The van der Waals surface area contributed by atoms with Gasteiger partial charge in [0.25, 0.3) is 0 Å². The van der Waals surface area contributed by atoms with Gasteiger partial charge in [0.2, 0.25) is 15.9 Å². The van der Waals surface area contributed by atoms with Crippen molar-refractivity contribution >= 4 is 15.9 Å². The summed E-state index contributed by atoms with van der Waals surface area (Å²) in [5, 5.41) is 2.82. The number of hydrogen-bond acceptors (Lipinski definition) is 3. The highest BCUT2D eigenvalue weighted by Gasteiger charge is 2.32. The van der Waals surface area contributed by atoms with Crippen molar-refractivity contribution in [3.63, 3.8) is 0 Å². The van der Waals surface area contributed by atoms with Crippen LogP contribution in [-0.2, 0) is 21.2 Å². The molecule has 156 valence electrons. The maximum atomic E-state index is 13.4. The molecule has 1 heterocycles. The van der Waals surface area contributed by atoms with Crippen LogP contribution in [0.2, 0.25) is 0 Å². The Labute approximate surface area is 167 Å².